The molecule has 1 saturated carbocycles. The van der Waals surface area contributed by atoms with Crippen LogP contribution in [0, 0.1) is 5.92 Å². The van der Waals surface area contributed by atoms with E-state index in [0.717, 1.165) is 38.6 Å². The van der Waals surface area contributed by atoms with Crippen molar-refractivity contribution in [1.82, 2.24) is 15.1 Å². The third-order valence-corrected chi connectivity index (χ3v) is 4.56. The van der Waals surface area contributed by atoms with Gasteiger partial charge in [-0.15, -0.1) is 0 Å². The normalized spacial score (nSPS) is 25.3. The average molecular weight is 251 g/mol. The smallest absolute Gasteiger partial charge is 0.236 e. The molecular weight excluding hydrogens is 226 g/mol. The van der Waals surface area contributed by atoms with Crippen LogP contribution in [-0.2, 0) is 4.79 Å². The van der Waals surface area contributed by atoms with Gasteiger partial charge in [0.2, 0.25) is 5.91 Å². The number of likely N-dealkylation sites (tertiary alicyclic amines) is 1. The maximum absolute atomic E-state index is 12.1. The Balaban J connectivity index is 1.49. The zero-order valence-corrected chi connectivity index (χ0v) is 11.2. The van der Waals surface area contributed by atoms with Crippen LogP contribution in [0.15, 0.2) is 0 Å². The third-order valence-electron chi connectivity index (χ3n) is 4.56. The molecule has 0 aromatic carbocycles. The van der Waals surface area contributed by atoms with E-state index in [2.05, 4.69) is 10.2 Å². The van der Waals surface area contributed by atoms with E-state index in [-0.39, 0.29) is 0 Å². The van der Waals surface area contributed by atoms with Gasteiger partial charge in [-0.2, -0.15) is 0 Å². The number of rotatable bonds is 5. The summed E-state index contributed by atoms with van der Waals surface area (Å²) in [5, 5.41) is 3.42. The highest BCUT2D eigenvalue weighted by atomic mass is 16.2. The second kappa shape index (κ2) is 5.57. The Bertz CT molecular complexity index is 293. The fourth-order valence-corrected chi connectivity index (χ4v) is 3.02. The largest absolute Gasteiger partial charge is 0.341 e. The number of carbonyl (C=O) groups excluding carboxylic acids is 1. The van der Waals surface area contributed by atoms with Crippen molar-refractivity contribution >= 4 is 5.91 Å². The minimum atomic E-state index is 0.363. The molecule has 2 heterocycles. The molecule has 0 unspecified atom stereocenters. The highest BCUT2D eigenvalue weighted by Gasteiger charge is 2.33. The van der Waals surface area contributed by atoms with Gasteiger partial charge in [-0.3, -0.25) is 9.69 Å². The Kier molecular flexibility index (Phi) is 3.85. The minimum Gasteiger partial charge on any atom is -0.341 e. The molecule has 3 aliphatic rings. The van der Waals surface area contributed by atoms with Crippen LogP contribution in [0.2, 0.25) is 0 Å². The SMILES string of the molecule is O=C(CN(CC1CCNCC1)C1CC1)N1CCC1. The van der Waals surface area contributed by atoms with E-state index in [4.69, 9.17) is 0 Å². The van der Waals surface area contributed by atoms with E-state index in [1.54, 1.807) is 0 Å². The van der Waals surface area contributed by atoms with Gasteiger partial charge in [-0.25, -0.2) is 0 Å². The number of amides is 1. The fourth-order valence-electron chi connectivity index (χ4n) is 3.02. The molecule has 0 radical (unpaired) electrons. The highest BCUT2D eigenvalue weighted by Crippen LogP contribution is 2.29. The van der Waals surface area contributed by atoms with E-state index >= 15 is 0 Å². The molecule has 1 amide bonds. The van der Waals surface area contributed by atoms with Gasteiger partial charge in [0.1, 0.15) is 0 Å². The van der Waals surface area contributed by atoms with Crippen molar-refractivity contribution in [2.75, 3.05) is 39.3 Å². The number of nitrogens with zero attached hydrogens (tertiary/aromatic N) is 2. The molecule has 0 atom stereocenters. The lowest BCUT2D eigenvalue weighted by Gasteiger charge is -2.35. The summed E-state index contributed by atoms with van der Waals surface area (Å²) < 4.78 is 0. The van der Waals surface area contributed by atoms with Crippen molar-refractivity contribution in [2.24, 2.45) is 5.92 Å². The number of nitrogens with one attached hydrogen (secondary N) is 1. The van der Waals surface area contributed by atoms with Gasteiger partial charge in [0, 0.05) is 25.7 Å². The van der Waals surface area contributed by atoms with Gasteiger partial charge in [0.15, 0.2) is 0 Å². The summed E-state index contributed by atoms with van der Waals surface area (Å²) in [6.45, 7) is 6.11. The van der Waals surface area contributed by atoms with Gasteiger partial charge in [-0.1, -0.05) is 0 Å². The molecule has 4 nitrogen and oxygen atoms in total. The maximum Gasteiger partial charge on any atom is 0.236 e. The van der Waals surface area contributed by atoms with E-state index in [9.17, 15) is 4.79 Å². The summed E-state index contributed by atoms with van der Waals surface area (Å²) >= 11 is 0. The van der Waals surface area contributed by atoms with E-state index < -0.39 is 0 Å². The van der Waals surface area contributed by atoms with Gasteiger partial charge < -0.3 is 10.2 Å². The minimum absolute atomic E-state index is 0.363. The second-order valence-electron chi connectivity index (χ2n) is 6.09. The molecule has 4 heteroatoms. The standard InChI is InChI=1S/C14H25N3O/c18-14(16-8-1-9-16)11-17(13-2-3-13)10-12-4-6-15-7-5-12/h12-13,15H,1-11H2. The summed E-state index contributed by atoms with van der Waals surface area (Å²) in [6.07, 6.45) is 6.36. The van der Waals surface area contributed by atoms with Crippen LogP contribution in [0.4, 0.5) is 0 Å². The predicted octanol–water partition coefficient (Wildman–Crippen LogP) is 0.683. The molecule has 102 valence electrons. The van der Waals surface area contributed by atoms with Gasteiger partial charge in [-0.05, 0) is 51.1 Å². The quantitative estimate of drug-likeness (QED) is 0.780. The van der Waals surface area contributed by atoms with E-state index in [1.165, 1.54) is 32.1 Å². The molecular formula is C14H25N3O. The molecule has 0 aromatic rings. The summed E-state index contributed by atoms with van der Waals surface area (Å²) in [5.41, 5.74) is 0. The van der Waals surface area contributed by atoms with Crippen molar-refractivity contribution < 1.29 is 4.79 Å². The first kappa shape index (κ1) is 12.4. The molecule has 0 bridgehead atoms. The molecule has 3 fully saturated rings. The topological polar surface area (TPSA) is 35.6 Å². The summed E-state index contributed by atoms with van der Waals surface area (Å²) in [7, 11) is 0. The van der Waals surface area contributed by atoms with Crippen molar-refractivity contribution in [3.05, 3.63) is 0 Å². The zero-order valence-electron chi connectivity index (χ0n) is 11.2. The first-order chi connectivity index (χ1) is 8.83. The van der Waals surface area contributed by atoms with Gasteiger partial charge in [0.25, 0.3) is 0 Å². The first-order valence-electron chi connectivity index (χ1n) is 7.55. The fraction of sp³-hybridized carbons (Fsp3) is 0.929. The Hall–Kier alpha value is -0.610. The van der Waals surface area contributed by atoms with Crippen molar-refractivity contribution in [1.29, 1.82) is 0 Å². The number of hydrogen-bond donors (Lipinski definition) is 1. The van der Waals surface area contributed by atoms with E-state index in [0.29, 0.717) is 18.5 Å². The number of carbonyl (C=O) groups is 1. The van der Waals surface area contributed by atoms with Gasteiger partial charge >= 0.3 is 0 Å². The monoisotopic (exact) mass is 251 g/mol. The van der Waals surface area contributed by atoms with Crippen LogP contribution in [0.1, 0.15) is 32.1 Å². The second-order valence-corrected chi connectivity index (χ2v) is 6.09. The van der Waals surface area contributed by atoms with E-state index in [1.807, 2.05) is 4.90 Å². The molecule has 2 saturated heterocycles. The Morgan fingerprint density at radius 2 is 1.89 bits per heavy atom. The summed E-state index contributed by atoms with van der Waals surface area (Å²) in [5.74, 6) is 1.16. The lowest BCUT2D eigenvalue weighted by Crippen LogP contribution is -2.48. The lowest BCUT2D eigenvalue weighted by molar-refractivity contribution is -0.136. The predicted molar refractivity (Wildman–Crippen MR) is 71.4 cm³/mol. The Labute approximate surface area is 110 Å². The van der Waals surface area contributed by atoms with Crippen LogP contribution < -0.4 is 5.32 Å². The lowest BCUT2D eigenvalue weighted by atomic mass is 9.97. The van der Waals surface area contributed by atoms with Crippen LogP contribution in [0.25, 0.3) is 0 Å². The number of piperidine rings is 1. The molecule has 1 aliphatic carbocycles. The zero-order chi connectivity index (χ0) is 12.4. The average Bonchev–Trinajstić information content (AvgIpc) is 3.11. The molecule has 2 aliphatic heterocycles. The van der Waals surface area contributed by atoms with Crippen molar-refractivity contribution in [3.8, 4) is 0 Å². The van der Waals surface area contributed by atoms with Gasteiger partial charge in [0.05, 0.1) is 6.54 Å². The molecule has 0 spiro atoms. The Morgan fingerprint density at radius 1 is 1.17 bits per heavy atom. The highest BCUT2D eigenvalue weighted by molar-refractivity contribution is 5.79. The Morgan fingerprint density at radius 3 is 2.44 bits per heavy atom. The third kappa shape index (κ3) is 3.04. The summed E-state index contributed by atoms with van der Waals surface area (Å²) in [4.78, 5) is 16.6. The van der Waals surface area contributed by atoms with Crippen LogP contribution in [-0.4, -0.2) is 61.0 Å². The molecule has 1 N–H and O–H groups in total. The number of hydrogen-bond acceptors (Lipinski definition) is 3. The molecule has 3 rings (SSSR count). The maximum atomic E-state index is 12.1. The molecule has 18 heavy (non-hydrogen) atoms. The van der Waals surface area contributed by atoms with Crippen LogP contribution in [0.5, 0.6) is 0 Å². The first-order valence-corrected chi connectivity index (χ1v) is 7.55. The molecule has 0 aromatic heterocycles. The summed E-state index contributed by atoms with van der Waals surface area (Å²) in [6, 6.07) is 0.713. The van der Waals surface area contributed by atoms with Crippen molar-refractivity contribution in [2.45, 2.75) is 38.1 Å². The van der Waals surface area contributed by atoms with Crippen LogP contribution in [0.3, 0.4) is 0 Å². The van der Waals surface area contributed by atoms with Crippen LogP contribution >= 0.6 is 0 Å². The van der Waals surface area contributed by atoms with Crippen molar-refractivity contribution in [3.63, 3.8) is 0 Å².